The molecule has 0 fully saturated rings. The largest absolute Gasteiger partial charge is 5.00 e. The van der Waals surface area contributed by atoms with E-state index < -0.39 is 7.82 Å². The standard InChI is InChI=1S/Nb.H3O4P.2O.V/c;1-5(2,3)4;;;/h;(H3,1,2,3,4);;;/q+5;;2*-2;/p-3. The Morgan fingerprint density at radius 1 is 1.00 bits per heavy atom. The Labute approximate surface area is 78.9 Å². The maximum Gasteiger partial charge on any atom is 5.00 e. The van der Waals surface area contributed by atoms with Gasteiger partial charge in [0, 0.05) is 18.6 Å². The maximum absolute atomic E-state index is 8.55. The Morgan fingerprint density at radius 2 is 1.00 bits per heavy atom. The molecule has 0 aromatic carbocycles. The first kappa shape index (κ1) is 31.6. The molecule has 0 N–H and O–H groups in total. The van der Waals surface area contributed by atoms with E-state index in [1.165, 1.54) is 0 Å². The molecular weight excluding hydrogens is 271 g/mol. The summed E-state index contributed by atoms with van der Waals surface area (Å²) in [6.07, 6.45) is 0. The Bertz CT molecular complexity index is 59.2. The van der Waals surface area contributed by atoms with Gasteiger partial charge in [0.15, 0.2) is 0 Å². The molecule has 0 aliphatic heterocycles. The van der Waals surface area contributed by atoms with Crippen LogP contribution in [0.2, 0.25) is 0 Å². The number of hydrogen-bond acceptors (Lipinski definition) is 4. The molecule has 6 nitrogen and oxygen atoms in total. The average molecular weight is 271 g/mol. The van der Waals surface area contributed by atoms with Crippen molar-refractivity contribution >= 4 is 7.82 Å². The minimum absolute atomic E-state index is 0. The van der Waals surface area contributed by atoms with Gasteiger partial charge in [0.2, 0.25) is 0 Å². The smallest absolute Gasteiger partial charge is 2.00 e. The van der Waals surface area contributed by atoms with Crippen LogP contribution in [0.3, 0.4) is 0 Å². The summed E-state index contributed by atoms with van der Waals surface area (Å²) in [5.74, 6) is 0. The second-order valence-electron chi connectivity index (χ2n) is 0.447. The van der Waals surface area contributed by atoms with Crippen molar-refractivity contribution in [3.05, 3.63) is 0 Å². The third kappa shape index (κ3) is 276. The SMILES string of the molecule is O=P([O-])([O-])[O-].[Nb+5].[O-2].[O-2].[V]. The zero-order valence-corrected chi connectivity index (χ0v) is 8.28. The molecule has 0 unspecified atom stereocenters. The predicted molar refractivity (Wildman–Crippen MR) is 8.98 cm³/mol. The Morgan fingerprint density at radius 3 is 1.00 bits per heavy atom. The molecule has 0 atom stereocenters. The molecule has 0 aromatic rings. The summed E-state index contributed by atoms with van der Waals surface area (Å²) < 4.78 is 8.55. The third-order valence-corrected chi connectivity index (χ3v) is 0. The molecule has 0 aromatic heterocycles. The monoisotopic (exact) mass is 271 g/mol. The normalized spacial score (nSPS) is 6.56. The van der Waals surface area contributed by atoms with Crippen molar-refractivity contribution in [3.8, 4) is 0 Å². The molecule has 0 spiro atoms. The fourth-order valence-corrected chi connectivity index (χ4v) is 0. The second kappa shape index (κ2) is 12.1. The molecule has 0 rings (SSSR count). The van der Waals surface area contributed by atoms with E-state index in [0.717, 1.165) is 0 Å². The van der Waals surface area contributed by atoms with E-state index >= 15 is 0 Å². The zero-order valence-electron chi connectivity index (χ0n) is 3.79. The first-order valence-electron chi connectivity index (χ1n) is 0.730. The van der Waals surface area contributed by atoms with Gasteiger partial charge in [-0.2, -0.15) is 7.82 Å². The molecule has 0 heterocycles. The summed E-state index contributed by atoms with van der Waals surface area (Å²) in [5.41, 5.74) is 0. The summed E-state index contributed by atoms with van der Waals surface area (Å²) in [7, 11) is -5.39. The van der Waals surface area contributed by atoms with E-state index in [-0.39, 0.29) is 51.9 Å². The maximum atomic E-state index is 8.55. The van der Waals surface area contributed by atoms with Crippen molar-refractivity contribution in [2.45, 2.75) is 0 Å². The molecule has 0 aliphatic rings. The average Bonchev–Trinajstić information content (AvgIpc) is 0.722. The molecule has 0 amide bonds. The van der Waals surface area contributed by atoms with Crippen molar-refractivity contribution in [3.63, 3.8) is 0 Å². The van der Waals surface area contributed by atoms with Gasteiger partial charge in [-0.05, 0) is 0 Å². The van der Waals surface area contributed by atoms with Gasteiger partial charge in [-0.15, -0.1) is 0 Å². The van der Waals surface area contributed by atoms with Crippen LogP contribution in [0.4, 0.5) is 0 Å². The van der Waals surface area contributed by atoms with Gasteiger partial charge in [-0.1, -0.05) is 0 Å². The topological polar surface area (TPSA) is 143 Å². The minimum atomic E-state index is -5.39. The van der Waals surface area contributed by atoms with E-state index in [1.807, 2.05) is 0 Å². The van der Waals surface area contributed by atoms with Crippen LogP contribution in [0.15, 0.2) is 0 Å². The Balaban J connectivity index is -0.0000000133. The van der Waals surface area contributed by atoms with Gasteiger partial charge in [0.25, 0.3) is 0 Å². The zero-order chi connectivity index (χ0) is 4.50. The van der Waals surface area contributed by atoms with Crippen LogP contribution in [0, 0.1) is 0 Å². The van der Waals surface area contributed by atoms with E-state index in [0.29, 0.717) is 0 Å². The second-order valence-corrected chi connectivity index (χ2v) is 1.34. The van der Waals surface area contributed by atoms with Crippen molar-refractivity contribution in [2.75, 3.05) is 0 Å². The minimum Gasteiger partial charge on any atom is -2.00 e. The van der Waals surface area contributed by atoms with E-state index in [4.69, 9.17) is 19.2 Å². The van der Waals surface area contributed by atoms with Crippen LogP contribution in [0.25, 0.3) is 0 Å². The molecular formula is NbO6PV-2. The quantitative estimate of drug-likeness (QED) is 0.340. The Hall–Kier alpha value is 1.35. The molecule has 9 heavy (non-hydrogen) atoms. The summed E-state index contributed by atoms with van der Waals surface area (Å²) in [6.45, 7) is 0. The van der Waals surface area contributed by atoms with Crippen LogP contribution in [0.1, 0.15) is 0 Å². The molecule has 1 radical (unpaired) electrons. The summed E-state index contributed by atoms with van der Waals surface area (Å²) in [5, 5.41) is 0. The van der Waals surface area contributed by atoms with Gasteiger partial charge in [0.1, 0.15) is 0 Å². The summed E-state index contributed by atoms with van der Waals surface area (Å²) in [6, 6.07) is 0. The van der Waals surface area contributed by atoms with Gasteiger partial charge in [-0.3, -0.25) is 0 Å². The first-order valence-corrected chi connectivity index (χ1v) is 2.19. The van der Waals surface area contributed by atoms with Gasteiger partial charge < -0.3 is 30.2 Å². The Kier molecular flexibility index (Phi) is 42.4. The van der Waals surface area contributed by atoms with Crippen molar-refractivity contribution in [1.29, 1.82) is 0 Å². The molecule has 53 valence electrons. The van der Waals surface area contributed by atoms with Crippen LogP contribution in [-0.2, 0) is 56.5 Å². The van der Waals surface area contributed by atoms with Crippen LogP contribution < -0.4 is 14.7 Å². The molecule has 0 aliphatic carbocycles. The van der Waals surface area contributed by atoms with Gasteiger partial charge in [-0.25, -0.2) is 0 Å². The number of rotatable bonds is 0. The summed E-state index contributed by atoms with van der Waals surface area (Å²) in [4.78, 5) is 25.6. The summed E-state index contributed by atoms with van der Waals surface area (Å²) >= 11 is 0. The van der Waals surface area contributed by atoms with Crippen molar-refractivity contribution in [1.82, 2.24) is 0 Å². The molecule has 0 saturated heterocycles. The number of hydrogen-bond donors (Lipinski definition) is 0. The predicted octanol–water partition coefficient (Wildman–Crippen LogP) is -3.07. The van der Waals surface area contributed by atoms with Crippen LogP contribution >= 0.6 is 7.82 Å². The fraction of sp³-hybridized carbons (Fsp3) is 0. The van der Waals surface area contributed by atoms with E-state index in [2.05, 4.69) is 0 Å². The van der Waals surface area contributed by atoms with Crippen LogP contribution in [0.5, 0.6) is 0 Å². The third-order valence-electron chi connectivity index (χ3n) is 0. The molecule has 0 saturated carbocycles. The molecule has 9 heteroatoms. The first-order chi connectivity index (χ1) is 2.00. The van der Waals surface area contributed by atoms with Crippen LogP contribution in [-0.4, -0.2) is 0 Å². The van der Waals surface area contributed by atoms with Crippen molar-refractivity contribution in [2.24, 2.45) is 0 Å². The van der Waals surface area contributed by atoms with E-state index in [1.54, 1.807) is 0 Å². The van der Waals surface area contributed by atoms with Gasteiger partial charge >= 0.3 is 22.4 Å². The van der Waals surface area contributed by atoms with E-state index in [9.17, 15) is 0 Å². The fourth-order valence-electron chi connectivity index (χ4n) is 0. The molecule has 0 bridgehead atoms. The van der Waals surface area contributed by atoms with Crippen molar-refractivity contribution < 1.29 is 71.1 Å². The van der Waals surface area contributed by atoms with Gasteiger partial charge in [0.05, 0.1) is 0 Å². The number of phosphoric acid groups is 1.